The van der Waals surface area contributed by atoms with Gasteiger partial charge >= 0.3 is 0 Å². The normalized spacial score (nSPS) is 11.4. The topological polar surface area (TPSA) is 17.1 Å². The molecular formula is C8H4Cl3FO. The van der Waals surface area contributed by atoms with Crippen LogP contribution in [0, 0.1) is 5.82 Å². The second-order valence-corrected chi connectivity index (χ2v) is 4.63. The third kappa shape index (κ3) is 2.56. The van der Waals surface area contributed by atoms with E-state index in [9.17, 15) is 9.18 Å². The summed E-state index contributed by atoms with van der Waals surface area (Å²) in [5, 5.41) is 0. The molecule has 0 unspecified atom stereocenters. The molecule has 0 heterocycles. The average molecular weight is 241 g/mol. The molecule has 5 heteroatoms. The minimum Gasteiger partial charge on any atom is -0.298 e. The highest BCUT2D eigenvalue weighted by molar-refractivity contribution is 6.66. The molecule has 1 aromatic rings. The molecule has 0 bridgehead atoms. The maximum Gasteiger partial charge on any atom is 0.216 e. The van der Waals surface area contributed by atoms with Gasteiger partial charge in [0, 0.05) is 11.1 Å². The van der Waals surface area contributed by atoms with Crippen LogP contribution in [0.1, 0.15) is 15.9 Å². The highest BCUT2D eigenvalue weighted by atomic mass is 35.6. The van der Waals surface area contributed by atoms with E-state index in [0.717, 1.165) is 12.1 Å². The number of carbonyl (C=O) groups is 1. The van der Waals surface area contributed by atoms with Crippen LogP contribution in [-0.2, 0) is 3.79 Å². The van der Waals surface area contributed by atoms with E-state index in [4.69, 9.17) is 34.8 Å². The Morgan fingerprint density at radius 1 is 1.31 bits per heavy atom. The Labute approximate surface area is 89.4 Å². The lowest BCUT2D eigenvalue weighted by Crippen LogP contribution is -2.05. The van der Waals surface area contributed by atoms with Gasteiger partial charge in [-0.3, -0.25) is 4.79 Å². The maximum atomic E-state index is 12.6. The van der Waals surface area contributed by atoms with Gasteiger partial charge in [0.1, 0.15) is 5.82 Å². The number of benzene rings is 1. The van der Waals surface area contributed by atoms with Crippen LogP contribution in [-0.4, -0.2) is 6.29 Å². The van der Waals surface area contributed by atoms with Crippen LogP contribution < -0.4 is 0 Å². The van der Waals surface area contributed by atoms with Crippen molar-refractivity contribution in [3.63, 3.8) is 0 Å². The standard InChI is InChI=1S/C8H4Cl3FO/c9-8(10,11)7-2-1-6(12)3-5(7)4-13/h1-4H. The third-order valence-electron chi connectivity index (χ3n) is 1.45. The summed E-state index contributed by atoms with van der Waals surface area (Å²) in [7, 11) is 0. The van der Waals surface area contributed by atoms with E-state index in [2.05, 4.69) is 0 Å². The summed E-state index contributed by atoms with van der Waals surface area (Å²) >= 11 is 16.6. The largest absolute Gasteiger partial charge is 0.298 e. The number of hydrogen-bond acceptors (Lipinski definition) is 1. The van der Waals surface area contributed by atoms with Crippen molar-refractivity contribution in [2.24, 2.45) is 0 Å². The quantitative estimate of drug-likeness (QED) is 0.543. The first kappa shape index (κ1) is 10.8. The second kappa shape index (κ2) is 3.82. The van der Waals surface area contributed by atoms with Gasteiger partial charge in [0.25, 0.3) is 0 Å². The van der Waals surface area contributed by atoms with Crippen LogP contribution in [0.2, 0.25) is 0 Å². The van der Waals surface area contributed by atoms with E-state index in [-0.39, 0.29) is 11.1 Å². The summed E-state index contributed by atoms with van der Waals surface area (Å²) in [5.74, 6) is -0.542. The molecule has 0 fully saturated rings. The number of hydrogen-bond donors (Lipinski definition) is 0. The van der Waals surface area contributed by atoms with E-state index >= 15 is 0 Å². The van der Waals surface area contributed by atoms with E-state index in [1.165, 1.54) is 6.07 Å². The molecule has 13 heavy (non-hydrogen) atoms. The molecule has 0 saturated heterocycles. The monoisotopic (exact) mass is 240 g/mol. The highest BCUT2D eigenvalue weighted by Crippen LogP contribution is 2.39. The van der Waals surface area contributed by atoms with E-state index < -0.39 is 9.61 Å². The molecule has 1 aromatic carbocycles. The Kier molecular flexibility index (Phi) is 3.17. The molecule has 0 aliphatic carbocycles. The lowest BCUT2D eigenvalue weighted by atomic mass is 10.1. The van der Waals surface area contributed by atoms with Gasteiger partial charge in [-0.25, -0.2) is 4.39 Å². The fraction of sp³-hybridized carbons (Fsp3) is 0.125. The highest BCUT2D eigenvalue weighted by Gasteiger charge is 2.25. The fourth-order valence-electron chi connectivity index (χ4n) is 0.889. The molecule has 0 aliphatic rings. The molecule has 0 amide bonds. The number of aldehydes is 1. The number of carbonyl (C=O) groups excluding carboxylic acids is 1. The molecule has 0 atom stereocenters. The van der Waals surface area contributed by atoms with Crippen LogP contribution in [0.3, 0.4) is 0 Å². The number of rotatable bonds is 1. The summed E-state index contributed by atoms with van der Waals surface area (Å²) < 4.78 is 10.9. The van der Waals surface area contributed by atoms with Gasteiger partial charge in [0.15, 0.2) is 6.29 Å². The molecule has 1 nitrogen and oxygen atoms in total. The minimum absolute atomic E-state index is 0.0417. The molecule has 0 N–H and O–H groups in total. The SMILES string of the molecule is O=Cc1cc(F)ccc1C(Cl)(Cl)Cl. The molecule has 0 aromatic heterocycles. The first-order valence-corrected chi connectivity index (χ1v) is 4.40. The second-order valence-electron chi connectivity index (χ2n) is 2.35. The van der Waals surface area contributed by atoms with Crippen LogP contribution >= 0.6 is 34.8 Å². The lowest BCUT2D eigenvalue weighted by Gasteiger charge is -2.12. The van der Waals surface area contributed by atoms with E-state index in [0.29, 0.717) is 6.29 Å². The zero-order valence-corrected chi connectivity index (χ0v) is 8.50. The lowest BCUT2D eigenvalue weighted by molar-refractivity contribution is 0.112. The zero-order valence-electron chi connectivity index (χ0n) is 6.23. The minimum atomic E-state index is -1.70. The Morgan fingerprint density at radius 3 is 2.38 bits per heavy atom. The van der Waals surface area contributed by atoms with Crippen molar-refractivity contribution in [1.29, 1.82) is 0 Å². The van der Waals surface area contributed by atoms with E-state index in [1.54, 1.807) is 0 Å². The molecular weight excluding hydrogens is 237 g/mol. The molecule has 0 spiro atoms. The van der Waals surface area contributed by atoms with Gasteiger partial charge < -0.3 is 0 Å². The third-order valence-corrected chi connectivity index (χ3v) is 2.06. The summed E-state index contributed by atoms with van der Waals surface area (Å²) in [6.45, 7) is 0. The summed E-state index contributed by atoms with van der Waals surface area (Å²) in [5.41, 5.74) is 0.217. The summed E-state index contributed by atoms with van der Waals surface area (Å²) in [6.07, 6.45) is 0.445. The summed E-state index contributed by atoms with van der Waals surface area (Å²) in [6, 6.07) is 3.42. The van der Waals surface area contributed by atoms with Crippen molar-refractivity contribution in [3.8, 4) is 0 Å². The van der Waals surface area contributed by atoms with Crippen LogP contribution in [0.5, 0.6) is 0 Å². The molecule has 0 radical (unpaired) electrons. The first-order valence-electron chi connectivity index (χ1n) is 3.27. The summed E-state index contributed by atoms with van der Waals surface area (Å²) in [4.78, 5) is 10.5. The molecule has 0 aliphatic heterocycles. The van der Waals surface area contributed by atoms with E-state index in [1.807, 2.05) is 0 Å². The Bertz CT molecular complexity index is 333. The van der Waals surface area contributed by atoms with Crippen LogP contribution in [0.15, 0.2) is 18.2 Å². The Morgan fingerprint density at radius 2 is 1.92 bits per heavy atom. The predicted octanol–water partition coefficient (Wildman–Crippen LogP) is 3.46. The van der Waals surface area contributed by atoms with Crippen molar-refractivity contribution in [2.45, 2.75) is 3.79 Å². The number of alkyl halides is 3. The van der Waals surface area contributed by atoms with Crippen molar-refractivity contribution < 1.29 is 9.18 Å². The van der Waals surface area contributed by atoms with Gasteiger partial charge in [-0.1, -0.05) is 40.9 Å². The Hall–Kier alpha value is -0.310. The molecule has 0 saturated carbocycles. The van der Waals surface area contributed by atoms with Crippen molar-refractivity contribution in [1.82, 2.24) is 0 Å². The van der Waals surface area contributed by atoms with Gasteiger partial charge in [-0.05, 0) is 12.1 Å². The van der Waals surface area contributed by atoms with Crippen molar-refractivity contribution >= 4 is 41.1 Å². The Balaban J connectivity index is 3.29. The number of halogens is 4. The zero-order chi connectivity index (χ0) is 10.1. The smallest absolute Gasteiger partial charge is 0.216 e. The molecule has 1 rings (SSSR count). The van der Waals surface area contributed by atoms with Crippen LogP contribution in [0.4, 0.5) is 4.39 Å². The van der Waals surface area contributed by atoms with Gasteiger partial charge in [0.2, 0.25) is 3.79 Å². The van der Waals surface area contributed by atoms with Gasteiger partial charge in [0.05, 0.1) is 0 Å². The van der Waals surface area contributed by atoms with Crippen LogP contribution in [0.25, 0.3) is 0 Å². The fourth-order valence-corrected chi connectivity index (χ4v) is 1.41. The predicted molar refractivity (Wildman–Crippen MR) is 51.0 cm³/mol. The van der Waals surface area contributed by atoms with Crippen molar-refractivity contribution in [2.75, 3.05) is 0 Å². The maximum absolute atomic E-state index is 12.6. The molecule has 70 valence electrons. The van der Waals surface area contributed by atoms with Gasteiger partial charge in [-0.2, -0.15) is 0 Å². The van der Waals surface area contributed by atoms with Crippen molar-refractivity contribution in [3.05, 3.63) is 35.1 Å². The van der Waals surface area contributed by atoms with Gasteiger partial charge in [-0.15, -0.1) is 0 Å². The average Bonchev–Trinajstić information content (AvgIpc) is 2.01. The first-order chi connectivity index (χ1) is 5.95.